The molecule has 3 saturated heterocycles. The van der Waals surface area contributed by atoms with Crippen LogP contribution in [0.3, 0.4) is 0 Å². The maximum absolute atomic E-state index is 16.8. The Morgan fingerprint density at radius 3 is 2.87 bits per heavy atom. The Bertz CT molecular complexity index is 1960. The molecule has 3 aliphatic rings. The minimum absolute atomic E-state index is 0.0171. The summed E-state index contributed by atoms with van der Waals surface area (Å²) in [4.78, 5) is 32.2. The number of carbonyl (C=O) groups excluding carboxylic acids is 1. The molecule has 7 rings (SSSR count). The Labute approximate surface area is 271 Å². The van der Waals surface area contributed by atoms with Crippen LogP contribution in [0.15, 0.2) is 49.2 Å². The smallest absolute Gasteiger partial charge is 0.319 e. The van der Waals surface area contributed by atoms with Crippen molar-refractivity contribution in [2.45, 2.75) is 56.4 Å². The average Bonchev–Trinajstić information content (AvgIpc) is 3.74. The van der Waals surface area contributed by atoms with Gasteiger partial charge in [0, 0.05) is 49.7 Å². The van der Waals surface area contributed by atoms with Gasteiger partial charge in [-0.25, -0.2) is 13.2 Å². The third kappa shape index (κ3) is 5.06. The van der Waals surface area contributed by atoms with Crippen molar-refractivity contribution in [2.75, 3.05) is 38.2 Å². The number of fused-ring (bicyclic) bond motifs is 3. The summed E-state index contributed by atoms with van der Waals surface area (Å²) in [5.74, 6) is 1.30. The van der Waals surface area contributed by atoms with E-state index in [1.165, 1.54) is 18.3 Å². The fourth-order valence-electron chi connectivity index (χ4n) is 7.91. The number of terminal acetylenes is 1. The van der Waals surface area contributed by atoms with Crippen LogP contribution >= 0.6 is 0 Å². The zero-order chi connectivity index (χ0) is 33.0. The van der Waals surface area contributed by atoms with E-state index in [-0.39, 0.29) is 47.4 Å². The first-order valence-electron chi connectivity index (χ1n) is 15.9. The fraction of sp³-hybridized carbons (Fsp3) is 0.389. The number of aromatic nitrogens is 3. The van der Waals surface area contributed by atoms with E-state index in [4.69, 9.17) is 16.1 Å². The number of likely N-dealkylation sites (tertiary alicyclic amines) is 1. The van der Waals surface area contributed by atoms with Gasteiger partial charge in [-0.15, -0.1) is 6.42 Å². The number of carbonyl (C=O) groups is 1. The number of ether oxygens (including phenoxy) is 1. The molecule has 0 spiro atoms. The van der Waals surface area contributed by atoms with Gasteiger partial charge in [-0.05, 0) is 50.3 Å². The second kappa shape index (κ2) is 11.8. The zero-order valence-corrected chi connectivity index (χ0v) is 26.3. The van der Waals surface area contributed by atoms with Crippen LogP contribution in [0.1, 0.15) is 38.2 Å². The SMILES string of the molecule is C#Cc1c(F)ccc2cccc(-c3ncc4c(N(C)[C@@H]5CCN(C(=O)C=C)[C@H]5C)nc(OC[C@@]56CCCN5C[C@H](F)C6)nc4c3F)c12. The molecule has 8 nitrogen and oxygen atoms in total. The van der Waals surface area contributed by atoms with Gasteiger partial charge in [-0.1, -0.05) is 36.8 Å². The summed E-state index contributed by atoms with van der Waals surface area (Å²) in [7, 11) is 1.84. The van der Waals surface area contributed by atoms with E-state index in [9.17, 15) is 13.6 Å². The highest BCUT2D eigenvalue weighted by Gasteiger charge is 2.49. The van der Waals surface area contributed by atoms with Crippen molar-refractivity contribution < 1.29 is 22.7 Å². The van der Waals surface area contributed by atoms with Crippen molar-refractivity contribution in [3.63, 3.8) is 0 Å². The maximum Gasteiger partial charge on any atom is 0.319 e. The van der Waals surface area contributed by atoms with Crippen LogP contribution in [0, 0.1) is 24.0 Å². The zero-order valence-electron chi connectivity index (χ0n) is 26.3. The minimum atomic E-state index is -0.937. The number of likely N-dealkylation sites (N-methyl/N-ethyl adjacent to an activating group) is 1. The van der Waals surface area contributed by atoms with E-state index in [1.54, 1.807) is 29.2 Å². The van der Waals surface area contributed by atoms with Crippen molar-refractivity contribution >= 4 is 33.4 Å². The van der Waals surface area contributed by atoms with Gasteiger partial charge in [0.2, 0.25) is 5.91 Å². The normalized spacial score (nSPS) is 24.1. The number of pyridine rings is 1. The van der Waals surface area contributed by atoms with Gasteiger partial charge in [-0.2, -0.15) is 9.97 Å². The van der Waals surface area contributed by atoms with E-state index in [2.05, 4.69) is 27.4 Å². The van der Waals surface area contributed by atoms with Gasteiger partial charge in [0.25, 0.3) is 0 Å². The predicted molar refractivity (Wildman–Crippen MR) is 175 cm³/mol. The average molecular weight is 641 g/mol. The monoisotopic (exact) mass is 640 g/mol. The first-order valence-corrected chi connectivity index (χ1v) is 15.9. The number of nitrogens with zero attached hydrogens (tertiary/aromatic N) is 6. The molecule has 0 N–H and O–H groups in total. The van der Waals surface area contributed by atoms with E-state index in [0.29, 0.717) is 53.5 Å². The second-order valence-electron chi connectivity index (χ2n) is 12.8. The van der Waals surface area contributed by atoms with Gasteiger partial charge in [0.1, 0.15) is 35.6 Å². The van der Waals surface area contributed by atoms with Crippen LogP contribution in [0.4, 0.5) is 19.0 Å². The molecule has 2 aromatic heterocycles. The summed E-state index contributed by atoms with van der Waals surface area (Å²) in [5.41, 5.74) is -0.192. The van der Waals surface area contributed by atoms with Crippen LogP contribution in [0.5, 0.6) is 6.01 Å². The van der Waals surface area contributed by atoms with E-state index in [0.717, 1.165) is 19.4 Å². The number of amides is 1. The number of hydrogen-bond acceptors (Lipinski definition) is 7. The van der Waals surface area contributed by atoms with E-state index >= 15 is 4.39 Å². The summed E-state index contributed by atoms with van der Waals surface area (Å²) in [6.07, 6.45) is 10.3. The number of hydrogen-bond donors (Lipinski definition) is 0. The lowest BCUT2D eigenvalue weighted by Gasteiger charge is -2.32. The summed E-state index contributed by atoms with van der Waals surface area (Å²) < 4.78 is 52.4. The van der Waals surface area contributed by atoms with Crippen molar-refractivity contribution in [2.24, 2.45) is 0 Å². The molecule has 2 aromatic carbocycles. The van der Waals surface area contributed by atoms with E-state index in [1.807, 2.05) is 18.9 Å². The lowest BCUT2D eigenvalue weighted by Crippen LogP contribution is -2.44. The number of alkyl halides is 1. The molecule has 5 heterocycles. The van der Waals surface area contributed by atoms with Gasteiger partial charge < -0.3 is 14.5 Å². The molecule has 0 radical (unpaired) electrons. The molecule has 0 bridgehead atoms. The molecular formula is C36H35F3N6O2. The van der Waals surface area contributed by atoms with Crippen molar-refractivity contribution in [1.82, 2.24) is 24.8 Å². The molecule has 4 aromatic rings. The van der Waals surface area contributed by atoms with Crippen LogP contribution in [0.2, 0.25) is 0 Å². The van der Waals surface area contributed by atoms with Crippen LogP contribution < -0.4 is 9.64 Å². The molecule has 242 valence electrons. The van der Waals surface area contributed by atoms with Gasteiger partial charge in [0.15, 0.2) is 5.82 Å². The Kier molecular flexibility index (Phi) is 7.79. The molecule has 0 aliphatic carbocycles. The molecule has 0 saturated carbocycles. The molecule has 3 fully saturated rings. The van der Waals surface area contributed by atoms with Crippen LogP contribution in [-0.2, 0) is 4.79 Å². The molecule has 3 aliphatic heterocycles. The predicted octanol–water partition coefficient (Wildman–Crippen LogP) is 5.67. The molecule has 47 heavy (non-hydrogen) atoms. The largest absolute Gasteiger partial charge is 0.461 e. The quantitative estimate of drug-likeness (QED) is 0.190. The Morgan fingerprint density at radius 2 is 2.09 bits per heavy atom. The third-order valence-electron chi connectivity index (χ3n) is 10.3. The summed E-state index contributed by atoms with van der Waals surface area (Å²) in [5, 5.41) is 1.36. The lowest BCUT2D eigenvalue weighted by atomic mass is 9.95. The van der Waals surface area contributed by atoms with Gasteiger partial charge in [-0.3, -0.25) is 14.7 Å². The molecule has 11 heteroatoms. The molecule has 0 unspecified atom stereocenters. The number of anilines is 1. The molecular weight excluding hydrogens is 605 g/mol. The highest BCUT2D eigenvalue weighted by atomic mass is 19.1. The van der Waals surface area contributed by atoms with Crippen molar-refractivity contribution in [3.8, 4) is 29.6 Å². The van der Waals surface area contributed by atoms with Crippen LogP contribution in [-0.4, -0.2) is 87.7 Å². The van der Waals surface area contributed by atoms with E-state index < -0.39 is 23.3 Å². The second-order valence-corrected chi connectivity index (χ2v) is 12.8. The fourth-order valence-corrected chi connectivity index (χ4v) is 7.91. The number of halogens is 3. The summed E-state index contributed by atoms with van der Waals surface area (Å²) >= 11 is 0. The topological polar surface area (TPSA) is 74.7 Å². The number of rotatable bonds is 7. The third-order valence-corrected chi connectivity index (χ3v) is 10.3. The number of benzene rings is 2. The highest BCUT2D eigenvalue weighted by molar-refractivity contribution is 6.02. The maximum atomic E-state index is 16.8. The van der Waals surface area contributed by atoms with Gasteiger partial charge >= 0.3 is 6.01 Å². The first kappa shape index (κ1) is 30.9. The minimum Gasteiger partial charge on any atom is -0.461 e. The first-order chi connectivity index (χ1) is 22.7. The molecule has 1 amide bonds. The van der Waals surface area contributed by atoms with Crippen molar-refractivity contribution in [3.05, 3.63) is 66.4 Å². The van der Waals surface area contributed by atoms with Gasteiger partial charge in [0.05, 0.1) is 22.5 Å². The Hall–Kier alpha value is -4.69. The standard InChI is InChI=1S/C36H35F3N6O2/c1-5-24-27(38)12-11-22-9-7-10-25(30(22)24)32-31(39)33-26(18-40-32)34(43(4)28-13-16-45(21(28)3)29(46)6-2)42-35(41-33)47-20-36-14-8-15-44(36)19-23(37)17-36/h1,6-7,9-12,18,21,23,28H,2,8,13-17,19-20H2,3-4H3/t21-,23+,28+,36-/m0/s1. The Balaban J connectivity index is 1.36. The Morgan fingerprint density at radius 1 is 1.26 bits per heavy atom. The molecule has 4 atom stereocenters. The van der Waals surface area contributed by atoms with Crippen molar-refractivity contribution in [1.29, 1.82) is 0 Å². The summed E-state index contributed by atoms with van der Waals surface area (Å²) in [6.45, 7) is 7.44. The lowest BCUT2D eigenvalue weighted by molar-refractivity contribution is -0.126. The summed E-state index contributed by atoms with van der Waals surface area (Å²) in [6, 6.07) is 7.66. The van der Waals surface area contributed by atoms with Crippen LogP contribution in [0.25, 0.3) is 32.9 Å². The highest BCUT2D eigenvalue weighted by Crippen LogP contribution is 2.41.